The van der Waals surface area contributed by atoms with Crippen molar-refractivity contribution in [2.24, 2.45) is 0 Å². The van der Waals surface area contributed by atoms with Crippen LogP contribution >= 0.6 is 39.0 Å². The number of hydrogen-bond donors (Lipinski definition) is 3. The number of aromatic nitrogens is 1. The zero-order valence-electron chi connectivity index (χ0n) is 25.9. The lowest BCUT2D eigenvalue weighted by Crippen LogP contribution is -2.30. The van der Waals surface area contributed by atoms with E-state index in [2.05, 4.69) is 36.9 Å². The summed E-state index contributed by atoms with van der Waals surface area (Å²) in [5.74, 6) is -1.11. The number of carbonyl (C=O) groups excluding carboxylic acids is 3. The van der Waals surface area contributed by atoms with E-state index in [4.69, 9.17) is 0 Å². The summed E-state index contributed by atoms with van der Waals surface area (Å²) in [6, 6.07) is 42.6. The van der Waals surface area contributed by atoms with Crippen molar-refractivity contribution in [2.75, 3.05) is 10.6 Å². The summed E-state index contributed by atoms with van der Waals surface area (Å²) in [4.78, 5) is 45.8. The minimum Gasteiger partial charge on any atom is -0.321 e. The molecule has 0 saturated carbocycles. The number of hydrogen-bond acceptors (Lipinski definition) is 6. The van der Waals surface area contributed by atoms with Crippen molar-refractivity contribution in [1.29, 1.82) is 0 Å². The van der Waals surface area contributed by atoms with E-state index in [1.165, 1.54) is 23.1 Å². The zero-order chi connectivity index (χ0) is 34.0. The fourth-order valence-corrected chi connectivity index (χ4v) is 6.87. The second kappa shape index (κ2) is 16.2. The fourth-order valence-electron chi connectivity index (χ4n) is 4.80. The van der Waals surface area contributed by atoms with Crippen LogP contribution in [0.5, 0.6) is 0 Å². The molecule has 0 fully saturated rings. The molecule has 6 rings (SSSR count). The van der Waals surface area contributed by atoms with Crippen LogP contribution in [0.3, 0.4) is 0 Å². The van der Waals surface area contributed by atoms with Crippen molar-refractivity contribution in [3.63, 3.8) is 0 Å². The Morgan fingerprint density at radius 2 is 1.43 bits per heavy atom. The summed E-state index contributed by atoms with van der Waals surface area (Å²) in [5.41, 5.74) is 4.34. The highest BCUT2D eigenvalue weighted by molar-refractivity contribution is 9.10. The van der Waals surface area contributed by atoms with Crippen LogP contribution in [0.25, 0.3) is 17.3 Å². The average Bonchev–Trinajstić information content (AvgIpc) is 3.60. The van der Waals surface area contributed by atoms with Gasteiger partial charge in [-0.15, -0.1) is 23.1 Å². The third-order valence-corrected chi connectivity index (χ3v) is 9.73. The molecule has 10 heteroatoms. The highest BCUT2D eigenvalue weighted by Crippen LogP contribution is 2.38. The number of carbonyl (C=O) groups is 3. The van der Waals surface area contributed by atoms with Crippen LogP contribution in [-0.4, -0.2) is 22.7 Å². The molecule has 1 atom stereocenters. The van der Waals surface area contributed by atoms with Gasteiger partial charge in [0.05, 0.1) is 5.69 Å². The van der Waals surface area contributed by atoms with Crippen molar-refractivity contribution in [3.05, 3.63) is 172 Å². The first kappa shape index (κ1) is 33.6. The third kappa shape index (κ3) is 9.20. The molecular weight excluding hydrogens is 716 g/mol. The van der Waals surface area contributed by atoms with Crippen molar-refractivity contribution in [1.82, 2.24) is 10.3 Å². The topological polar surface area (TPSA) is 100 Å². The van der Waals surface area contributed by atoms with Crippen molar-refractivity contribution in [2.45, 2.75) is 10.1 Å². The van der Waals surface area contributed by atoms with Gasteiger partial charge in [0.25, 0.3) is 11.8 Å². The SMILES string of the molecule is O=C(Nc1cccc(SC(C(=O)Nc2nc(-c3ccc(Br)cc3)cs2)c2ccccc2)c1)/C(=C/c1ccccc1)NC(=O)c1ccccc1. The number of benzene rings is 5. The number of thioether (sulfide) groups is 1. The zero-order valence-corrected chi connectivity index (χ0v) is 29.1. The van der Waals surface area contributed by atoms with Gasteiger partial charge in [0, 0.05) is 31.6 Å². The summed E-state index contributed by atoms with van der Waals surface area (Å²) >= 11 is 6.18. The van der Waals surface area contributed by atoms with E-state index in [9.17, 15) is 14.4 Å². The second-order valence-electron chi connectivity index (χ2n) is 10.7. The van der Waals surface area contributed by atoms with Crippen LogP contribution in [0.15, 0.2) is 160 Å². The van der Waals surface area contributed by atoms with Gasteiger partial charge in [0.1, 0.15) is 10.9 Å². The van der Waals surface area contributed by atoms with E-state index in [-0.39, 0.29) is 11.6 Å². The summed E-state index contributed by atoms with van der Waals surface area (Å²) in [6.45, 7) is 0. The Balaban J connectivity index is 1.20. The third-order valence-electron chi connectivity index (χ3n) is 7.20. The summed E-state index contributed by atoms with van der Waals surface area (Å²) in [5, 5.41) is 10.5. The Kier molecular flexibility index (Phi) is 11.1. The Labute approximate surface area is 300 Å². The largest absolute Gasteiger partial charge is 0.321 e. The minimum atomic E-state index is -0.606. The maximum absolute atomic E-state index is 13.8. The molecule has 49 heavy (non-hydrogen) atoms. The van der Waals surface area contributed by atoms with Crippen LogP contribution in [0.4, 0.5) is 10.8 Å². The number of halogens is 1. The van der Waals surface area contributed by atoms with Crippen molar-refractivity contribution >= 4 is 73.6 Å². The lowest BCUT2D eigenvalue weighted by molar-refractivity contribution is -0.116. The molecule has 0 aliphatic heterocycles. The van der Waals surface area contributed by atoms with Gasteiger partial charge in [0.2, 0.25) is 5.91 Å². The summed E-state index contributed by atoms with van der Waals surface area (Å²) in [7, 11) is 0. The number of nitrogens with zero attached hydrogens (tertiary/aromatic N) is 1. The molecule has 242 valence electrons. The molecule has 0 bridgehead atoms. The Hall–Kier alpha value is -5.29. The van der Waals surface area contributed by atoms with E-state index in [0.29, 0.717) is 16.4 Å². The predicted molar refractivity (Wildman–Crippen MR) is 202 cm³/mol. The van der Waals surface area contributed by atoms with Gasteiger partial charge in [0.15, 0.2) is 5.13 Å². The molecule has 1 aromatic heterocycles. The molecule has 0 spiro atoms. The monoisotopic (exact) mass is 744 g/mol. The van der Waals surface area contributed by atoms with E-state index < -0.39 is 17.1 Å². The maximum Gasteiger partial charge on any atom is 0.272 e. The van der Waals surface area contributed by atoms with Crippen LogP contribution in [0.2, 0.25) is 0 Å². The number of amides is 3. The number of nitrogens with one attached hydrogen (secondary N) is 3. The van der Waals surface area contributed by atoms with Gasteiger partial charge >= 0.3 is 0 Å². The molecule has 1 heterocycles. The van der Waals surface area contributed by atoms with E-state index >= 15 is 0 Å². The molecule has 3 amide bonds. The Bertz CT molecular complexity index is 2090. The van der Waals surface area contributed by atoms with E-state index in [0.717, 1.165) is 31.8 Å². The first-order chi connectivity index (χ1) is 23.9. The van der Waals surface area contributed by atoms with Gasteiger partial charge in [-0.2, -0.15) is 0 Å². The van der Waals surface area contributed by atoms with E-state index in [1.54, 1.807) is 42.5 Å². The van der Waals surface area contributed by atoms with Crippen LogP contribution < -0.4 is 16.0 Å². The quantitative estimate of drug-likeness (QED) is 0.0907. The highest BCUT2D eigenvalue weighted by Gasteiger charge is 2.24. The smallest absolute Gasteiger partial charge is 0.272 e. The van der Waals surface area contributed by atoms with Gasteiger partial charge < -0.3 is 16.0 Å². The lowest BCUT2D eigenvalue weighted by Gasteiger charge is -2.17. The first-order valence-corrected chi connectivity index (χ1v) is 17.7. The van der Waals surface area contributed by atoms with Gasteiger partial charge in [-0.25, -0.2) is 4.98 Å². The standard InChI is InChI=1S/C39H29BrN4O3S2/c40-30-21-19-27(20-22-30)34-25-48-39(43-34)44-38(47)35(28-13-6-2-7-14-28)49-32-18-10-17-31(24-32)41-37(46)33(23-26-11-4-1-5-12-26)42-36(45)29-15-8-3-9-16-29/h1-25,35H,(H,41,46)(H,42,45)(H,43,44,47)/b33-23-. The summed E-state index contributed by atoms with van der Waals surface area (Å²) < 4.78 is 0.977. The van der Waals surface area contributed by atoms with Crippen LogP contribution in [0.1, 0.15) is 26.7 Å². The Morgan fingerprint density at radius 3 is 2.14 bits per heavy atom. The molecule has 0 radical (unpaired) electrons. The van der Waals surface area contributed by atoms with Gasteiger partial charge in [-0.05, 0) is 59.7 Å². The fraction of sp³-hybridized carbons (Fsp3) is 0.0256. The van der Waals surface area contributed by atoms with Crippen LogP contribution in [0, 0.1) is 0 Å². The molecule has 7 nitrogen and oxygen atoms in total. The summed E-state index contributed by atoms with van der Waals surface area (Å²) in [6.07, 6.45) is 1.63. The molecule has 1 unspecified atom stereocenters. The molecule has 0 aliphatic rings. The number of rotatable bonds is 11. The Morgan fingerprint density at radius 1 is 0.755 bits per heavy atom. The molecular formula is C39H29BrN4O3S2. The number of thiazole rings is 1. The van der Waals surface area contributed by atoms with Crippen LogP contribution in [-0.2, 0) is 9.59 Å². The van der Waals surface area contributed by atoms with Gasteiger partial charge in [-0.3, -0.25) is 14.4 Å². The first-order valence-electron chi connectivity index (χ1n) is 15.2. The van der Waals surface area contributed by atoms with E-state index in [1.807, 2.05) is 109 Å². The number of anilines is 2. The molecule has 0 saturated heterocycles. The second-order valence-corrected chi connectivity index (χ2v) is 13.7. The normalized spacial score (nSPS) is 11.7. The van der Waals surface area contributed by atoms with Crippen molar-refractivity contribution in [3.8, 4) is 11.3 Å². The lowest BCUT2D eigenvalue weighted by atomic mass is 10.1. The molecule has 3 N–H and O–H groups in total. The molecule has 0 aliphatic carbocycles. The minimum absolute atomic E-state index is 0.0885. The molecule has 5 aromatic carbocycles. The van der Waals surface area contributed by atoms with Crippen molar-refractivity contribution < 1.29 is 14.4 Å². The maximum atomic E-state index is 13.8. The van der Waals surface area contributed by atoms with Gasteiger partial charge in [-0.1, -0.05) is 113 Å². The predicted octanol–water partition coefficient (Wildman–Crippen LogP) is 9.45. The molecule has 6 aromatic rings. The average molecular weight is 746 g/mol. The highest BCUT2D eigenvalue weighted by atomic mass is 79.9.